The fourth-order valence-electron chi connectivity index (χ4n) is 2.65. The Balaban J connectivity index is 1.66. The molecule has 0 spiro atoms. The molecule has 2 aromatic rings. The Kier molecular flexibility index (Phi) is 4.14. The van der Waals surface area contributed by atoms with Crippen molar-refractivity contribution in [3.8, 4) is 0 Å². The van der Waals surface area contributed by atoms with E-state index in [-0.39, 0.29) is 0 Å². The SMILES string of the molecule is BrC(Cc1ccc2ccccc2n1)CC1CCCO1. The zero-order chi connectivity index (χ0) is 13.1. The fraction of sp³-hybridized carbons (Fsp3) is 0.438. The van der Waals surface area contributed by atoms with Crippen LogP contribution in [-0.2, 0) is 11.2 Å². The summed E-state index contributed by atoms with van der Waals surface area (Å²) >= 11 is 3.77. The van der Waals surface area contributed by atoms with E-state index < -0.39 is 0 Å². The lowest BCUT2D eigenvalue weighted by atomic mass is 10.1. The van der Waals surface area contributed by atoms with E-state index in [1.54, 1.807) is 0 Å². The number of hydrogen-bond acceptors (Lipinski definition) is 2. The van der Waals surface area contributed by atoms with Gasteiger partial charge in [-0.3, -0.25) is 4.98 Å². The molecule has 1 saturated heterocycles. The van der Waals surface area contributed by atoms with Crippen molar-refractivity contribution >= 4 is 26.8 Å². The van der Waals surface area contributed by atoms with Gasteiger partial charge in [0, 0.05) is 28.9 Å². The zero-order valence-corrected chi connectivity index (χ0v) is 12.5. The second-order valence-corrected chi connectivity index (χ2v) is 6.46. The van der Waals surface area contributed by atoms with Gasteiger partial charge in [0.2, 0.25) is 0 Å². The van der Waals surface area contributed by atoms with Crippen molar-refractivity contribution in [3.05, 3.63) is 42.1 Å². The van der Waals surface area contributed by atoms with Gasteiger partial charge in [-0.25, -0.2) is 0 Å². The van der Waals surface area contributed by atoms with Crippen molar-refractivity contribution in [2.75, 3.05) is 6.61 Å². The van der Waals surface area contributed by atoms with Gasteiger partial charge < -0.3 is 4.74 Å². The number of alkyl halides is 1. The molecule has 0 aliphatic carbocycles. The highest BCUT2D eigenvalue weighted by atomic mass is 79.9. The molecule has 0 radical (unpaired) electrons. The molecule has 0 N–H and O–H groups in total. The maximum Gasteiger partial charge on any atom is 0.0705 e. The van der Waals surface area contributed by atoms with Gasteiger partial charge in [-0.2, -0.15) is 0 Å². The molecule has 3 rings (SSSR count). The standard InChI is InChI=1S/C16H18BrNO/c17-13(11-15-5-3-9-19-15)10-14-8-7-12-4-1-2-6-16(12)18-14/h1-2,4,6-8,13,15H,3,5,9-11H2. The molecule has 19 heavy (non-hydrogen) atoms. The quantitative estimate of drug-likeness (QED) is 0.791. The molecule has 2 atom stereocenters. The fourth-order valence-corrected chi connectivity index (χ4v) is 3.40. The van der Waals surface area contributed by atoms with Crippen molar-refractivity contribution < 1.29 is 4.74 Å². The third-order valence-electron chi connectivity index (χ3n) is 3.63. The van der Waals surface area contributed by atoms with Crippen LogP contribution in [0.5, 0.6) is 0 Å². The minimum Gasteiger partial charge on any atom is -0.378 e. The van der Waals surface area contributed by atoms with Gasteiger partial charge in [-0.15, -0.1) is 0 Å². The smallest absolute Gasteiger partial charge is 0.0705 e. The summed E-state index contributed by atoms with van der Waals surface area (Å²) in [5.41, 5.74) is 2.23. The third-order valence-corrected chi connectivity index (χ3v) is 4.33. The molecule has 1 aliphatic heterocycles. The number of pyridine rings is 1. The molecule has 0 amide bonds. The molecule has 1 aromatic carbocycles. The number of benzene rings is 1. The first kappa shape index (κ1) is 13.1. The van der Waals surface area contributed by atoms with Gasteiger partial charge in [0.05, 0.1) is 11.6 Å². The first-order chi connectivity index (χ1) is 9.31. The predicted molar refractivity (Wildman–Crippen MR) is 81.8 cm³/mol. The number of para-hydroxylation sites is 1. The van der Waals surface area contributed by atoms with E-state index in [4.69, 9.17) is 9.72 Å². The highest BCUT2D eigenvalue weighted by molar-refractivity contribution is 9.09. The maximum absolute atomic E-state index is 5.68. The lowest BCUT2D eigenvalue weighted by molar-refractivity contribution is 0.104. The van der Waals surface area contributed by atoms with Crippen LogP contribution >= 0.6 is 15.9 Å². The minimum absolute atomic E-state index is 0.435. The number of nitrogens with zero attached hydrogens (tertiary/aromatic N) is 1. The molecule has 0 bridgehead atoms. The Morgan fingerprint density at radius 1 is 1.26 bits per heavy atom. The number of halogens is 1. The second kappa shape index (κ2) is 6.02. The molecule has 0 saturated carbocycles. The summed E-state index contributed by atoms with van der Waals surface area (Å²) in [7, 11) is 0. The van der Waals surface area contributed by atoms with Gasteiger partial charge in [0.15, 0.2) is 0 Å². The van der Waals surface area contributed by atoms with Crippen molar-refractivity contribution in [2.45, 2.75) is 36.6 Å². The average Bonchev–Trinajstić information content (AvgIpc) is 2.91. The third kappa shape index (κ3) is 3.34. The minimum atomic E-state index is 0.435. The second-order valence-electron chi connectivity index (χ2n) is 5.17. The van der Waals surface area contributed by atoms with E-state index >= 15 is 0 Å². The van der Waals surface area contributed by atoms with Gasteiger partial charge in [-0.1, -0.05) is 40.2 Å². The molecule has 1 fully saturated rings. The van der Waals surface area contributed by atoms with Crippen LogP contribution in [-0.4, -0.2) is 22.5 Å². The largest absolute Gasteiger partial charge is 0.378 e. The number of hydrogen-bond donors (Lipinski definition) is 0. The number of aromatic nitrogens is 1. The Bertz CT molecular complexity index is 551. The number of fused-ring (bicyclic) bond motifs is 1. The average molecular weight is 320 g/mol. The first-order valence-electron chi connectivity index (χ1n) is 6.91. The van der Waals surface area contributed by atoms with Crippen molar-refractivity contribution in [3.63, 3.8) is 0 Å². The summed E-state index contributed by atoms with van der Waals surface area (Å²) in [6.45, 7) is 0.929. The highest BCUT2D eigenvalue weighted by Crippen LogP contribution is 2.23. The normalized spacial score (nSPS) is 20.8. The Morgan fingerprint density at radius 2 is 2.16 bits per heavy atom. The van der Waals surface area contributed by atoms with Gasteiger partial charge in [0.25, 0.3) is 0 Å². The molecule has 3 heteroatoms. The topological polar surface area (TPSA) is 22.1 Å². The Hall–Kier alpha value is -0.930. The van der Waals surface area contributed by atoms with Crippen LogP contribution in [0.2, 0.25) is 0 Å². The first-order valence-corrected chi connectivity index (χ1v) is 7.83. The molecular weight excluding hydrogens is 302 g/mol. The van der Waals surface area contributed by atoms with Crippen LogP contribution in [0.15, 0.2) is 36.4 Å². The molecule has 1 aromatic heterocycles. The molecule has 100 valence electrons. The van der Waals surface area contributed by atoms with E-state index in [1.165, 1.54) is 18.2 Å². The van der Waals surface area contributed by atoms with E-state index in [1.807, 2.05) is 6.07 Å². The predicted octanol–water partition coefficient (Wildman–Crippen LogP) is 4.11. The number of rotatable bonds is 4. The maximum atomic E-state index is 5.68. The van der Waals surface area contributed by atoms with Gasteiger partial charge in [-0.05, 0) is 31.4 Å². The Labute approximate surface area is 122 Å². The summed E-state index contributed by atoms with van der Waals surface area (Å²) in [5, 5.41) is 1.21. The summed E-state index contributed by atoms with van der Waals surface area (Å²) in [5.74, 6) is 0. The van der Waals surface area contributed by atoms with Crippen LogP contribution in [0.4, 0.5) is 0 Å². The van der Waals surface area contributed by atoms with Crippen LogP contribution in [0.25, 0.3) is 10.9 Å². The monoisotopic (exact) mass is 319 g/mol. The van der Waals surface area contributed by atoms with E-state index in [0.717, 1.165) is 30.7 Å². The van der Waals surface area contributed by atoms with Crippen LogP contribution in [0.3, 0.4) is 0 Å². The molecule has 1 aliphatic rings. The molecule has 2 unspecified atom stereocenters. The van der Waals surface area contributed by atoms with E-state index in [0.29, 0.717) is 10.9 Å². The van der Waals surface area contributed by atoms with Crippen LogP contribution in [0.1, 0.15) is 25.0 Å². The van der Waals surface area contributed by atoms with Crippen LogP contribution in [0, 0.1) is 0 Å². The number of ether oxygens (including phenoxy) is 1. The molecule has 2 nitrogen and oxygen atoms in total. The zero-order valence-electron chi connectivity index (χ0n) is 10.9. The summed E-state index contributed by atoms with van der Waals surface area (Å²) in [4.78, 5) is 5.17. The van der Waals surface area contributed by atoms with Crippen molar-refractivity contribution in [2.24, 2.45) is 0 Å². The lowest BCUT2D eigenvalue weighted by Crippen LogP contribution is -2.14. The summed E-state index contributed by atoms with van der Waals surface area (Å²) < 4.78 is 5.68. The van der Waals surface area contributed by atoms with Crippen LogP contribution < -0.4 is 0 Å². The van der Waals surface area contributed by atoms with E-state index in [2.05, 4.69) is 46.3 Å². The highest BCUT2D eigenvalue weighted by Gasteiger charge is 2.19. The molecular formula is C16H18BrNO. The van der Waals surface area contributed by atoms with E-state index in [9.17, 15) is 0 Å². The van der Waals surface area contributed by atoms with Gasteiger partial charge >= 0.3 is 0 Å². The van der Waals surface area contributed by atoms with Gasteiger partial charge in [0.1, 0.15) is 0 Å². The lowest BCUT2D eigenvalue weighted by Gasteiger charge is -2.14. The Morgan fingerprint density at radius 3 is 3.00 bits per heavy atom. The van der Waals surface area contributed by atoms with Crippen molar-refractivity contribution in [1.82, 2.24) is 4.98 Å². The summed E-state index contributed by atoms with van der Waals surface area (Å²) in [6.07, 6.45) is 4.88. The van der Waals surface area contributed by atoms with Crippen molar-refractivity contribution in [1.29, 1.82) is 0 Å². The summed E-state index contributed by atoms with van der Waals surface area (Å²) in [6, 6.07) is 12.5. The molecule has 2 heterocycles.